The molecule has 0 saturated heterocycles. The molecule has 4 heteroatoms. The normalized spacial score (nSPS) is 10.6. The van der Waals surface area contributed by atoms with Crippen molar-refractivity contribution in [3.8, 4) is 5.75 Å². The Bertz CT molecular complexity index is 313. The molecular formula is C9H11F2NO. The summed E-state index contributed by atoms with van der Waals surface area (Å²) in [5.74, 6) is 0.151. The van der Waals surface area contributed by atoms with Crippen molar-refractivity contribution in [3.05, 3.63) is 23.0 Å². The molecule has 13 heavy (non-hydrogen) atoms. The monoisotopic (exact) mass is 187 g/mol. The Morgan fingerprint density at radius 3 is 2.46 bits per heavy atom. The van der Waals surface area contributed by atoms with Gasteiger partial charge in [0.2, 0.25) is 0 Å². The van der Waals surface area contributed by atoms with Crippen LogP contribution in [0.2, 0.25) is 0 Å². The third-order valence-electron chi connectivity index (χ3n) is 2.03. The van der Waals surface area contributed by atoms with Gasteiger partial charge in [0, 0.05) is 5.69 Å². The molecule has 2 nitrogen and oxygen atoms in total. The molecule has 0 amide bonds. The van der Waals surface area contributed by atoms with Gasteiger partial charge in [-0.05, 0) is 19.4 Å². The van der Waals surface area contributed by atoms with E-state index in [2.05, 4.69) is 4.98 Å². The van der Waals surface area contributed by atoms with E-state index in [-0.39, 0.29) is 11.3 Å². The molecule has 1 aromatic rings. The van der Waals surface area contributed by atoms with Crippen LogP contribution in [0.1, 0.15) is 23.2 Å². The van der Waals surface area contributed by atoms with Gasteiger partial charge < -0.3 is 4.74 Å². The summed E-state index contributed by atoms with van der Waals surface area (Å²) in [6.07, 6.45) is -1.19. The lowest BCUT2D eigenvalue weighted by molar-refractivity contribution is 0.146. The van der Waals surface area contributed by atoms with E-state index in [9.17, 15) is 8.78 Å². The number of methoxy groups -OCH3 is 1. The molecule has 0 N–H and O–H groups in total. The Kier molecular flexibility index (Phi) is 2.80. The first-order valence-corrected chi connectivity index (χ1v) is 3.86. The Morgan fingerprint density at radius 2 is 2.00 bits per heavy atom. The second-order valence-corrected chi connectivity index (χ2v) is 2.75. The van der Waals surface area contributed by atoms with Gasteiger partial charge in [0.1, 0.15) is 5.75 Å². The number of nitrogens with zero attached hydrogens (tertiary/aromatic N) is 1. The molecule has 1 aromatic heterocycles. The highest BCUT2D eigenvalue weighted by Gasteiger charge is 2.18. The largest absolute Gasteiger partial charge is 0.495 e. The number of hydrogen-bond acceptors (Lipinski definition) is 2. The van der Waals surface area contributed by atoms with Gasteiger partial charge >= 0.3 is 0 Å². The molecule has 0 bridgehead atoms. The summed E-state index contributed by atoms with van der Waals surface area (Å²) in [5.41, 5.74) is 1.04. The van der Waals surface area contributed by atoms with Crippen molar-refractivity contribution in [1.29, 1.82) is 0 Å². The third-order valence-corrected chi connectivity index (χ3v) is 2.03. The Morgan fingerprint density at radius 1 is 1.38 bits per heavy atom. The predicted octanol–water partition coefficient (Wildman–Crippen LogP) is 2.64. The van der Waals surface area contributed by atoms with E-state index in [0.717, 1.165) is 0 Å². The van der Waals surface area contributed by atoms with Crippen LogP contribution >= 0.6 is 0 Å². The van der Waals surface area contributed by atoms with Crippen LogP contribution in [0.5, 0.6) is 5.75 Å². The summed E-state index contributed by atoms with van der Waals surface area (Å²) >= 11 is 0. The van der Waals surface area contributed by atoms with Crippen molar-refractivity contribution in [1.82, 2.24) is 4.98 Å². The van der Waals surface area contributed by atoms with E-state index in [4.69, 9.17) is 4.74 Å². The zero-order valence-corrected chi connectivity index (χ0v) is 7.77. The number of aromatic nitrogens is 1. The summed E-state index contributed by atoms with van der Waals surface area (Å²) < 4.78 is 29.9. The van der Waals surface area contributed by atoms with Crippen LogP contribution in [0.15, 0.2) is 6.20 Å². The molecule has 0 aliphatic rings. The maximum absolute atomic E-state index is 12.5. The number of aryl methyl sites for hydroxylation is 1. The molecule has 1 heterocycles. The third kappa shape index (κ3) is 1.76. The van der Waals surface area contributed by atoms with Gasteiger partial charge in [-0.15, -0.1) is 0 Å². The van der Waals surface area contributed by atoms with Gasteiger partial charge in [0.15, 0.2) is 0 Å². The highest BCUT2D eigenvalue weighted by Crippen LogP contribution is 2.31. The summed E-state index contributed by atoms with van der Waals surface area (Å²) in [4.78, 5) is 3.93. The van der Waals surface area contributed by atoms with Crippen LogP contribution in [0.4, 0.5) is 8.78 Å². The topological polar surface area (TPSA) is 22.1 Å². The maximum Gasteiger partial charge on any atom is 0.267 e. The quantitative estimate of drug-likeness (QED) is 0.710. The minimum Gasteiger partial charge on any atom is -0.495 e. The molecule has 0 aromatic carbocycles. The Hall–Kier alpha value is -1.19. The molecule has 0 spiro atoms. The molecule has 72 valence electrons. The fraction of sp³-hybridized carbons (Fsp3) is 0.444. The van der Waals surface area contributed by atoms with Gasteiger partial charge in [-0.2, -0.15) is 0 Å². The summed E-state index contributed by atoms with van der Waals surface area (Å²) in [5, 5.41) is 0. The van der Waals surface area contributed by atoms with Crippen LogP contribution in [-0.4, -0.2) is 12.1 Å². The van der Waals surface area contributed by atoms with Crippen LogP contribution in [0.3, 0.4) is 0 Å². The second kappa shape index (κ2) is 3.68. The van der Waals surface area contributed by atoms with Crippen LogP contribution in [0.25, 0.3) is 0 Å². The lowest BCUT2D eigenvalue weighted by Crippen LogP contribution is -2.00. The van der Waals surface area contributed by atoms with E-state index < -0.39 is 6.43 Å². The molecule has 0 saturated carbocycles. The highest BCUT2D eigenvalue weighted by molar-refractivity contribution is 5.40. The standard InChI is InChI=1S/C9H11F2NO/c1-5-6(2)12-4-7(13-3)8(5)9(10)11/h4,9H,1-3H3. The molecule has 0 atom stereocenters. The average Bonchev–Trinajstić information content (AvgIpc) is 2.08. The van der Waals surface area contributed by atoms with Gasteiger partial charge in [-0.25, -0.2) is 8.78 Å². The smallest absolute Gasteiger partial charge is 0.267 e. The number of pyridine rings is 1. The van der Waals surface area contributed by atoms with E-state index in [1.54, 1.807) is 13.8 Å². The van der Waals surface area contributed by atoms with E-state index in [1.165, 1.54) is 13.3 Å². The molecular weight excluding hydrogens is 176 g/mol. The SMILES string of the molecule is COc1cnc(C)c(C)c1C(F)F. The number of alkyl halides is 2. The Balaban J connectivity index is 3.32. The average molecular weight is 187 g/mol. The fourth-order valence-electron chi connectivity index (χ4n) is 1.14. The molecule has 0 aliphatic heterocycles. The molecule has 0 radical (unpaired) electrons. The molecule has 0 aliphatic carbocycles. The van der Waals surface area contributed by atoms with E-state index >= 15 is 0 Å². The van der Waals surface area contributed by atoms with Crippen molar-refractivity contribution in [2.75, 3.05) is 7.11 Å². The van der Waals surface area contributed by atoms with E-state index in [0.29, 0.717) is 11.3 Å². The van der Waals surface area contributed by atoms with Crippen LogP contribution in [-0.2, 0) is 0 Å². The fourth-order valence-corrected chi connectivity index (χ4v) is 1.14. The van der Waals surface area contributed by atoms with Gasteiger partial charge in [-0.3, -0.25) is 4.98 Å². The number of hydrogen-bond donors (Lipinski definition) is 0. The minimum atomic E-state index is -2.52. The zero-order chi connectivity index (χ0) is 10.0. The first-order chi connectivity index (χ1) is 6.07. The van der Waals surface area contributed by atoms with Gasteiger partial charge in [0.05, 0.1) is 18.9 Å². The Labute approximate surface area is 75.6 Å². The van der Waals surface area contributed by atoms with Crippen molar-refractivity contribution >= 4 is 0 Å². The predicted molar refractivity (Wildman–Crippen MR) is 45.2 cm³/mol. The van der Waals surface area contributed by atoms with Crippen LogP contribution in [0, 0.1) is 13.8 Å². The number of ether oxygens (including phenoxy) is 1. The lowest BCUT2D eigenvalue weighted by Gasteiger charge is -2.11. The number of halogens is 2. The maximum atomic E-state index is 12.5. The number of rotatable bonds is 2. The van der Waals surface area contributed by atoms with Crippen molar-refractivity contribution in [2.45, 2.75) is 20.3 Å². The molecule has 0 fully saturated rings. The lowest BCUT2D eigenvalue weighted by atomic mass is 10.1. The summed E-state index contributed by atoms with van der Waals surface area (Å²) in [7, 11) is 1.36. The molecule has 1 rings (SSSR count). The van der Waals surface area contributed by atoms with Crippen molar-refractivity contribution in [2.24, 2.45) is 0 Å². The minimum absolute atomic E-state index is 0.0602. The first kappa shape index (κ1) is 9.89. The summed E-state index contributed by atoms with van der Waals surface area (Å²) in [6, 6.07) is 0. The summed E-state index contributed by atoms with van der Waals surface area (Å²) in [6.45, 7) is 3.31. The second-order valence-electron chi connectivity index (χ2n) is 2.75. The highest BCUT2D eigenvalue weighted by atomic mass is 19.3. The van der Waals surface area contributed by atoms with Crippen LogP contribution < -0.4 is 4.74 Å². The van der Waals surface area contributed by atoms with E-state index in [1.807, 2.05) is 0 Å². The van der Waals surface area contributed by atoms with Crippen molar-refractivity contribution < 1.29 is 13.5 Å². The first-order valence-electron chi connectivity index (χ1n) is 3.86. The van der Waals surface area contributed by atoms with Gasteiger partial charge in [-0.1, -0.05) is 0 Å². The van der Waals surface area contributed by atoms with Crippen molar-refractivity contribution in [3.63, 3.8) is 0 Å². The van der Waals surface area contributed by atoms with Gasteiger partial charge in [0.25, 0.3) is 6.43 Å². The molecule has 0 unspecified atom stereocenters. The zero-order valence-electron chi connectivity index (χ0n) is 7.77.